The fourth-order valence-electron chi connectivity index (χ4n) is 3.43. The zero-order chi connectivity index (χ0) is 21.0. The van der Waals surface area contributed by atoms with Crippen molar-refractivity contribution in [2.24, 2.45) is 5.92 Å². The predicted octanol–water partition coefficient (Wildman–Crippen LogP) is 4.88. The highest BCUT2D eigenvalue weighted by molar-refractivity contribution is 6.30. The number of hydrogen-bond acceptors (Lipinski definition) is 4. The molecule has 0 spiro atoms. The third-order valence-electron chi connectivity index (χ3n) is 4.72. The SMILES string of the molecule is CCOC(=O)C(Cc1ccc2cc(C)n(-c3ccc(Cl)cc3)c2c1)C(=O)OCC. The van der Waals surface area contributed by atoms with Gasteiger partial charge in [0, 0.05) is 21.8 Å². The Hall–Kier alpha value is -2.79. The lowest BCUT2D eigenvalue weighted by atomic mass is 9.98. The predicted molar refractivity (Wildman–Crippen MR) is 113 cm³/mol. The molecule has 0 saturated carbocycles. The van der Waals surface area contributed by atoms with E-state index in [1.165, 1.54) is 0 Å². The van der Waals surface area contributed by atoms with Gasteiger partial charge in [0.1, 0.15) is 0 Å². The van der Waals surface area contributed by atoms with E-state index in [0.717, 1.165) is 27.8 Å². The van der Waals surface area contributed by atoms with Crippen molar-refractivity contribution in [2.45, 2.75) is 27.2 Å². The summed E-state index contributed by atoms with van der Waals surface area (Å²) in [6, 6.07) is 15.7. The van der Waals surface area contributed by atoms with Gasteiger partial charge in [0.15, 0.2) is 5.92 Å². The van der Waals surface area contributed by atoms with Gasteiger partial charge in [0.25, 0.3) is 0 Å². The third-order valence-corrected chi connectivity index (χ3v) is 4.97. The van der Waals surface area contributed by atoms with Gasteiger partial charge in [0.2, 0.25) is 0 Å². The molecule has 152 valence electrons. The van der Waals surface area contributed by atoms with Gasteiger partial charge in [-0.25, -0.2) is 0 Å². The number of nitrogens with zero attached hydrogens (tertiary/aromatic N) is 1. The van der Waals surface area contributed by atoms with Gasteiger partial charge >= 0.3 is 11.9 Å². The molecule has 5 nitrogen and oxygen atoms in total. The Labute approximate surface area is 175 Å². The summed E-state index contributed by atoms with van der Waals surface area (Å²) >= 11 is 6.03. The minimum Gasteiger partial charge on any atom is -0.465 e. The number of aryl methyl sites for hydroxylation is 1. The van der Waals surface area contributed by atoms with Crippen molar-refractivity contribution in [1.29, 1.82) is 0 Å². The molecule has 0 saturated heterocycles. The van der Waals surface area contributed by atoms with Gasteiger partial charge in [-0.2, -0.15) is 0 Å². The van der Waals surface area contributed by atoms with Crippen LogP contribution in [0.4, 0.5) is 0 Å². The molecule has 3 rings (SSSR count). The number of aromatic nitrogens is 1. The molecule has 0 amide bonds. The number of fused-ring (bicyclic) bond motifs is 1. The van der Waals surface area contributed by atoms with E-state index in [0.29, 0.717) is 5.02 Å². The van der Waals surface area contributed by atoms with E-state index in [9.17, 15) is 9.59 Å². The van der Waals surface area contributed by atoms with Gasteiger partial charge < -0.3 is 14.0 Å². The maximum absolute atomic E-state index is 12.3. The van der Waals surface area contributed by atoms with E-state index in [1.807, 2.05) is 49.4 Å². The van der Waals surface area contributed by atoms with Gasteiger partial charge in [0.05, 0.1) is 18.7 Å². The van der Waals surface area contributed by atoms with Gasteiger partial charge in [-0.1, -0.05) is 23.7 Å². The Kier molecular flexibility index (Phi) is 6.60. The molecular formula is C23H24ClNO4. The van der Waals surface area contributed by atoms with Gasteiger partial charge in [-0.05, 0) is 69.2 Å². The van der Waals surface area contributed by atoms with Crippen LogP contribution in [0.2, 0.25) is 5.02 Å². The van der Waals surface area contributed by atoms with E-state index < -0.39 is 17.9 Å². The van der Waals surface area contributed by atoms with Gasteiger partial charge in [-0.3, -0.25) is 9.59 Å². The number of carbonyl (C=O) groups excluding carboxylic acids is 2. The van der Waals surface area contributed by atoms with E-state index in [1.54, 1.807) is 13.8 Å². The minimum absolute atomic E-state index is 0.215. The largest absolute Gasteiger partial charge is 0.465 e. The van der Waals surface area contributed by atoms with Gasteiger partial charge in [-0.15, -0.1) is 0 Å². The zero-order valence-corrected chi connectivity index (χ0v) is 17.5. The molecule has 0 fully saturated rings. The fraction of sp³-hybridized carbons (Fsp3) is 0.304. The standard InChI is InChI=1S/C23H24ClNO4/c1-4-28-22(26)20(23(27)29-5-2)13-16-6-7-17-12-15(3)25(21(17)14-16)19-10-8-18(24)9-11-19/h6-12,14,20H,4-5,13H2,1-3H3. The molecule has 29 heavy (non-hydrogen) atoms. The molecule has 1 aromatic heterocycles. The third kappa shape index (κ3) is 4.62. The van der Waals surface area contributed by atoms with Crippen LogP contribution < -0.4 is 0 Å². The van der Waals surface area contributed by atoms with E-state index in [2.05, 4.69) is 10.6 Å². The van der Waals surface area contributed by atoms with E-state index in [4.69, 9.17) is 21.1 Å². The van der Waals surface area contributed by atoms with Crippen LogP contribution in [0.25, 0.3) is 16.6 Å². The lowest BCUT2D eigenvalue weighted by molar-refractivity contribution is -0.161. The molecule has 0 aliphatic heterocycles. The summed E-state index contributed by atoms with van der Waals surface area (Å²) in [5.74, 6) is -2.10. The number of halogens is 1. The van der Waals surface area contributed by atoms with Crippen molar-refractivity contribution in [1.82, 2.24) is 4.57 Å². The van der Waals surface area contributed by atoms with Crippen LogP contribution in [0.1, 0.15) is 25.1 Å². The molecule has 1 heterocycles. The van der Waals surface area contributed by atoms with Crippen molar-refractivity contribution < 1.29 is 19.1 Å². The highest BCUT2D eigenvalue weighted by Crippen LogP contribution is 2.27. The molecule has 6 heteroatoms. The van der Waals surface area contributed by atoms with Crippen LogP contribution in [0.5, 0.6) is 0 Å². The van der Waals surface area contributed by atoms with Crippen LogP contribution in [-0.4, -0.2) is 29.7 Å². The Morgan fingerprint density at radius 2 is 1.59 bits per heavy atom. The summed E-state index contributed by atoms with van der Waals surface area (Å²) < 4.78 is 12.3. The first-order chi connectivity index (χ1) is 13.9. The van der Waals surface area contributed by atoms with Crippen LogP contribution in [0.15, 0.2) is 48.5 Å². The van der Waals surface area contributed by atoms with Crippen molar-refractivity contribution in [3.8, 4) is 5.69 Å². The summed E-state index contributed by atoms with van der Waals surface area (Å²) in [6.45, 7) is 5.90. The second-order valence-corrected chi connectivity index (χ2v) is 7.19. The van der Waals surface area contributed by atoms with Crippen LogP contribution in [0.3, 0.4) is 0 Å². The number of hydrogen-bond donors (Lipinski definition) is 0. The van der Waals surface area contributed by atoms with Crippen molar-refractivity contribution in [3.05, 3.63) is 64.8 Å². The summed E-state index contributed by atoms with van der Waals surface area (Å²) in [5.41, 5.74) is 3.92. The summed E-state index contributed by atoms with van der Waals surface area (Å²) in [6.07, 6.45) is 0.221. The monoisotopic (exact) mass is 413 g/mol. The Morgan fingerprint density at radius 1 is 0.966 bits per heavy atom. The molecule has 0 unspecified atom stereocenters. The summed E-state index contributed by atoms with van der Waals surface area (Å²) in [7, 11) is 0. The summed E-state index contributed by atoms with van der Waals surface area (Å²) in [4.78, 5) is 24.6. The Bertz CT molecular complexity index is 1010. The Morgan fingerprint density at radius 3 is 2.17 bits per heavy atom. The number of esters is 2. The van der Waals surface area contributed by atoms with E-state index >= 15 is 0 Å². The van der Waals surface area contributed by atoms with Crippen molar-refractivity contribution >= 4 is 34.4 Å². The number of rotatable bonds is 7. The average molecular weight is 414 g/mol. The fourth-order valence-corrected chi connectivity index (χ4v) is 3.55. The molecular weight excluding hydrogens is 390 g/mol. The molecule has 0 aliphatic carbocycles. The smallest absolute Gasteiger partial charge is 0.320 e. The quantitative estimate of drug-likeness (QED) is 0.409. The van der Waals surface area contributed by atoms with E-state index in [-0.39, 0.29) is 19.6 Å². The second kappa shape index (κ2) is 9.14. The topological polar surface area (TPSA) is 57.5 Å². The first-order valence-electron chi connectivity index (χ1n) is 9.64. The number of ether oxygens (including phenoxy) is 2. The zero-order valence-electron chi connectivity index (χ0n) is 16.8. The maximum atomic E-state index is 12.3. The molecule has 2 aromatic carbocycles. The van der Waals surface area contributed by atoms with Crippen LogP contribution in [0, 0.1) is 12.8 Å². The van der Waals surface area contributed by atoms with Crippen LogP contribution in [-0.2, 0) is 25.5 Å². The van der Waals surface area contributed by atoms with Crippen LogP contribution >= 0.6 is 11.6 Å². The molecule has 0 aliphatic rings. The minimum atomic E-state index is -0.979. The number of benzene rings is 2. The first kappa shape index (κ1) is 20.9. The summed E-state index contributed by atoms with van der Waals surface area (Å²) in [5, 5.41) is 1.75. The molecule has 3 aromatic rings. The molecule has 0 bridgehead atoms. The molecule has 0 N–H and O–H groups in total. The highest BCUT2D eigenvalue weighted by Gasteiger charge is 2.30. The van der Waals surface area contributed by atoms with Crippen molar-refractivity contribution in [2.75, 3.05) is 13.2 Å². The van der Waals surface area contributed by atoms with Crippen molar-refractivity contribution in [3.63, 3.8) is 0 Å². The molecule has 0 radical (unpaired) electrons. The lowest BCUT2D eigenvalue weighted by Crippen LogP contribution is -2.30. The first-order valence-corrected chi connectivity index (χ1v) is 10.0. The average Bonchev–Trinajstić information content (AvgIpc) is 3.02. The second-order valence-electron chi connectivity index (χ2n) is 6.75. The molecule has 0 atom stereocenters. The Balaban J connectivity index is 1.99. The number of carbonyl (C=O) groups is 2. The maximum Gasteiger partial charge on any atom is 0.320 e. The highest BCUT2D eigenvalue weighted by atomic mass is 35.5. The normalized spacial score (nSPS) is 11.1. The lowest BCUT2D eigenvalue weighted by Gasteiger charge is -2.15.